The minimum absolute atomic E-state index is 0.0680. The van der Waals surface area contributed by atoms with Crippen molar-refractivity contribution in [1.29, 1.82) is 0 Å². The monoisotopic (exact) mass is 353 g/mol. The van der Waals surface area contributed by atoms with E-state index >= 15 is 0 Å². The second-order valence-corrected chi connectivity index (χ2v) is 5.72. The number of aryl methyl sites for hydroxylation is 1. The van der Waals surface area contributed by atoms with Crippen LogP contribution in [0.2, 0.25) is 0 Å². The van der Waals surface area contributed by atoms with Crippen LogP contribution in [0.3, 0.4) is 0 Å². The van der Waals surface area contributed by atoms with Gasteiger partial charge in [-0.25, -0.2) is 18.7 Å². The molecule has 1 aliphatic heterocycles. The van der Waals surface area contributed by atoms with Crippen molar-refractivity contribution in [2.45, 2.75) is 26.3 Å². The SMILES string of the molecule is CCc1nc(-c2ccc(F)c(F)c2Br)nc2c1CNCC2. The highest BCUT2D eigenvalue weighted by Gasteiger charge is 2.20. The van der Waals surface area contributed by atoms with E-state index in [9.17, 15) is 8.78 Å². The van der Waals surface area contributed by atoms with E-state index in [0.717, 1.165) is 48.9 Å². The molecule has 0 amide bonds. The number of aromatic nitrogens is 2. The fourth-order valence-electron chi connectivity index (χ4n) is 2.52. The summed E-state index contributed by atoms with van der Waals surface area (Å²) in [5.41, 5.74) is 3.56. The van der Waals surface area contributed by atoms with E-state index < -0.39 is 11.6 Å². The van der Waals surface area contributed by atoms with Gasteiger partial charge in [0, 0.05) is 36.3 Å². The molecule has 0 fully saturated rings. The Kier molecular flexibility index (Phi) is 3.99. The molecule has 1 aromatic heterocycles. The highest BCUT2D eigenvalue weighted by Crippen LogP contribution is 2.31. The molecule has 2 heterocycles. The molecule has 3 nitrogen and oxygen atoms in total. The Labute approximate surface area is 129 Å². The summed E-state index contributed by atoms with van der Waals surface area (Å²) in [4.78, 5) is 9.09. The second-order valence-electron chi connectivity index (χ2n) is 4.92. The molecule has 21 heavy (non-hydrogen) atoms. The largest absolute Gasteiger partial charge is 0.312 e. The first-order valence-corrected chi connectivity index (χ1v) is 7.64. The molecule has 110 valence electrons. The Bertz CT molecular complexity index is 687. The minimum atomic E-state index is -0.909. The quantitative estimate of drug-likeness (QED) is 0.841. The Hall–Kier alpha value is -1.40. The molecule has 0 bridgehead atoms. The smallest absolute Gasteiger partial charge is 0.173 e. The third kappa shape index (κ3) is 2.58. The minimum Gasteiger partial charge on any atom is -0.312 e. The first kappa shape index (κ1) is 14.5. The number of benzene rings is 1. The van der Waals surface area contributed by atoms with Crippen molar-refractivity contribution in [3.63, 3.8) is 0 Å². The molecular formula is C15H14BrF2N3. The first-order valence-electron chi connectivity index (χ1n) is 6.85. The summed E-state index contributed by atoms with van der Waals surface area (Å²) in [7, 11) is 0. The summed E-state index contributed by atoms with van der Waals surface area (Å²) in [6.45, 7) is 3.66. The molecule has 0 saturated carbocycles. The van der Waals surface area contributed by atoms with Crippen LogP contribution in [0, 0.1) is 11.6 Å². The summed E-state index contributed by atoms with van der Waals surface area (Å²) in [6.07, 6.45) is 1.60. The molecule has 0 unspecified atom stereocenters. The van der Waals surface area contributed by atoms with E-state index in [4.69, 9.17) is 0 Å². The van der Waals surface area contributed by atoms with E-state index in [2.05, 4.69) is 31.2 Å². The summed E-state index contributed by atoms with van der Waals surface area (Å²) in [5, 5.41) is 3.30. The fourth-order valence-corrected chi connectivity index (χ4v) is 3.02. The van der Waals surface area contributed by atoms with Crippen LogP contribution in [0.1, 0.15) is 23.9 Å². The Balaban J connectivity index is 2.17. The first-order chi connectivity index (χ1) is 10.1. The van der Waals surface area contributed by atoms with Crippen LogP contribution in [0.4, 0.5) is 8.78 Å². The zero-order valence-electron chi connectivity index (χ0n) is 11.5. The highest BCUT2D eigenvalue weighted by molar-refractivity contribution is 9.10. The van der Waals surface area contributed by atoms with Gasteiger partial charge in [-0.3, -0.25) is 0 Å². The second kappa shape index (κ2) is 5.77. The van der Waals surface area contributed by atoms with Gasteiger partial charge in [0.1, 0.15) is 0 Å². The molecule has 6 heteroatoms. The molecule has 2 aromatic rings. The van der Waals surface area contributed by atoms with Crippen molar-refractivity contribution in [3.8, 4) is 11.4 Å². The molecule has 0 saturated heterocycles. The molecular weight excluding hydrogens is 340 g/mol. The van der Waals surface area contributed by atoms with Crippen LogP contribution in [-0.4, -0.2) is 16.5 Å². The van der Waals surface area contributed by atoms with Gasteiger partial charge in [0.2, 0.25) is 0 Å². The predicted octanol–water partition coefficient (Wildman–Crippen LogP) is 3.39. The molecule has 0 spiro atoms. The Morgan fingerprint density at radius 3 is 2.86 bits per heavy atom. The average Bonchev–Trinajstić information content (AvgIpc) is 2.51. The lowest BCUT2D eigenvalue weighted by atomic mass is 10.0. The Morgan fingerprint density at radius 2 is 2.10 bits per heavy atom. The van der Waals surface area contributed by atoms with Gasteiger partial charge in [-0.1, -0.05) is 6.92 Å². The fraction of sp³-hybridized carbons (Fsp3) is 0.333. The van der Waals surface area contributed by atoms with E-state index in [0.29, 0.717) is 11.4 Å². The van der Waals surface area contributed by atoms with E-state index in [1.54, 1.807) is 0 Å². The lowest BCUT2D eigenvalue weighted by molar-refractivity contribution is 0.504. The molecule has 1 aromatic carbocycles. The van der Waals surface area contributed by atoms with Crippen molar-refractivity contribution in [2.75, 3.05) is 6.54 Å². The number of hydrogen-bond acceptors (Lipinski definition) is 3. The summed E-state index contributed by atoms with van der Waals surface area (Å²) < 4.78 is 27.0. The molecule has 0 radical (unpaired) electrons. The number of fused-ring (bicyclic) bond motifs is 1. The normalized spacial score (nSPS) is 14.1. The van der Waals surface area contributed by atoms with Crippen LogP contribution in [0.15, 0.2) is 16.6 Å². The van der Waals surface area contributed by atoms with Gasteiger partial charge >= 0.3 is 0 Å². The van der Waals surface area contributed by atoms with Crippen molar-refractivity contribution in [3.05, 3.63) is 45.2 Å². The summed E-state index contributed by atoms with van der Waals surface area (Å²) >= 11 is 3.10. The van der Waals surface area contributed by atoms with Gasteiger partial charge in [0.15, 0.2) is 17.5 Å². The van der Waals surface area contributed by atoms with Crippen LogP contribution >= 0.6 is 15.9 Å². The number of halogens is 3. The van der Waals surface area contributed by atoms with E-state index in [1.165, 1.54) is 6.07 Å². The van der Waals surface area contributed by atoms with Crippen molar-refractivity contribution in [2.24, 2.45) is 0 Å². The number of hydrogen-bond donors (Lipinski definition) is 1. The number of nitrogens with one attached hydrogen (secondary N) is 1. The van der Waals surface area contributed by atoms with Crippen molar-refractivity contribution < 1.29 is 8.78 Å². The number of rotatable bonds is 2. The zero-order chi connectivity index (χ0) is 15.0. The van der Waals surface area contributed by atoms with Gasteiger partial charge in [0.25, 0.3) is 0 Å². The maximum Gasteiger partial charge on any atom is 0.173 e. The van der Waals surface area contributed by atoms with Crippen LogP contribution in [-0.2, 0) is 19.4 Å². The predicted molar refractivity (Wildman–Crippen MR) is 79.9 cm³/mol. The molecule has 1 N–H and O–H groups in total. The van der Waals surface area contributed by atoms with Gasteiger partial charge in [-0.05, 0) is 34.5 Å². The van der Waals surface area contributed by atoms with Crippen molar-refractivity contribution in [1.82, 2.24) is 15.3 Å². The average molecular weight is 354 g/mol. The van der Waals surface area contributed by atoms with Gasteiger partial charge in [-0.15, -0.1) is 0 Å². The van der Waals surface area contributed by atoms with Crippen LogP contribution < -0.4 is 5.32 Å². The topological polar surface area (TPSA) is 37.8 Å². The molecule has 1 aliphatic rings. The van der Waals surface area contributed by atoms with Gasteiger partial charge < -0.3 is 5.32 Å². The third-order valence-corrected chi connectivity index (χ3v) is 4.41. The van der Waals surface area contributed by atoms with E-state index in [1.807, 2.05) is 6.92 Å². The summed E-state index contributed by atoms with van der Waals surface area (Å²) in [6, 6.07) is 2.61. The maximum atomic E-state index is 13.7. The van der Waals surface area contributed by atoms with Gasteiger partial charge in [0.05, 0.1) is 10.2 Å². The lowest BCUT2D eigenvalue weighted by Gasteiger charge is -2.20. The molecule has 3 rings (SSSR count). The maximum absolute atomic E-state index is 13.7. The molecule has 0 atom stereocenters. The van der Waals surface area contributed by atoms with Crippen LogP contribution in [0.25, 0.3) is 11.4 Å². The zero-order valence-corrected chi connectivity index (χ0v) is 13.1. The molecule has 0 aliphatic carbocycles. The lowest BCUT2D eigenvalue weighted by Crippen LogP contribution is -2.26. The van der Waals surface area contributed by atoms with Crippen LogP contribution in [0.5, 0.6) is 0 Å². The van der Waals surface area contributed by atoms with E-state index in [-0.39, 0.29) is 4.47 Å². The highest BCUT2D eigenvalue weighted by atomic mass is 79.9. The van der Waals surface area contributed by atoms with Crippen molar-refractivity contribution >= 4 is 15.9 Å². The Morgan fingerprint density at radius 1 is 1.29 bits per heavy atom. The summed E-state index contributed by atoms with van der Waals surface area (Å²) in [5.74, 6) is -1.35. The standard InChI is InChI=1S/C15H14BrF2N3/c1-2-11-9-7-19-6-5-12(9)21-15(20-11)8-3-4-10(17)14(18)13(8)16/h3-4,19H,2,5-7H2,1H3. The van der Waals surface area contributed by atoms with Gasteiger partial charge in [-0.2, -0.15) is 0 Å². The number of nitrogens with zero attached hydrogens (tertiary/aromatic N) is 2. The third-order valence-electron chi connectivity index (χ3n) is 3.63.